The monoisotopic (exact) mass is 437 g/mol. The molecule has 1 N–H and O–H groups in total. The number of hydrogen-bond donors (Lipinski definition) is 1. The van der Waals surface area contributed by atoms with Crippen molar-refractivity contribution in [2.75, 3.05) is 25.9 Å². The molecule has 1 aromatic heterocycles. The molecule has 0 saturated carbocycles. The van der Waals surface area contributed by atoms with Crippen molar-refractivity contribution >= 4 is 21.8 Å². The van der Waals surface area contributed by atoms with E-state index in [-0.39, 0.29) is 11.8 Å². The van der Waals surface area contributed by atoms with E-state index in [2.05, 4.69) is 5.32 Å². The Kier molecular flexibility index (Phi) is 5.69. The molecule has 3 saturated heterocycles. The zero-order valence-electron chi connectivity index (χ0n) is 17.8. The molecule has 4 rings (SSSR count). The Morgan fingerprint density at radius 2 is 2.10 bits per heavy atom. The molecule has 4 atom stereocenters. The molecular formula is C21H31N3O5S. The third kappa shape index (κ3) is 3.66. The van der Waals surface area contributed by atoms with Crippen LogP contribution in [-0.4, -0.2) is 67.4 Å². The molecule has 1 unspecified atom stereocenters. The Hall–Kier alpha value is -1.87. The highest BCUT2D eigenvalue weighted by atomic mass is 32.2. The molecule has 3 fully saturated rings. The van der Waals surface area contributed by atoms with Gasteiger partial charge in [0.15, 0.2) is 5.76 Å². The van der Waals surface area contributed by atoms with Crippen molar-refractivity contribution in [3.8, 4) is 0 Å². The zero-order chi connectivity index (χ0) is 21.6. The Bertz CT molecular complexity index is 919. The van der Waals surface area contributed by atoms with Crippen LogP contribution in [0.25, 0.3) is 0 Å². The largest absolute Gasteiger partial charge is 0.459 e. The molecule has 0 spiro atoms. The van der Waals surface area contributed by atoms with Gasteiger partial charge in [-0.1, -0.05) is 13.8 Å². The van der Waals surface area contributed by atoms with Crippen molar-refractivity contribution < 1.29 is 22.4 Å². The van der Waals surface area contributed by atoms with Gasteiger partial charge in [-0.05, 0) is 56.7 Å². The van der Waals surface area contributed by atoms with Crippen LogP contribution in [0.4, 0.5) is 0 Å². The molecule has 9 heteroatoms. The predicted molar refractivity (Wildman–Crippen MR) is 111 cm³/mol. The van der Waals surface area contributed by atoms with Gasteiger partial charge in [0.25, 0.3) is 5.91 Å². The van der Waals surface area contributed by atoms with Crippen LogP contribution in [-0.2, 0) is 21.2 Å². The number of rotatable bonds is 5. The maximum Gasteiger partial charge on any atom is 0.290 e. The first-order chi connectivity index (χ1) is 14.2. The summed E-state index contributed by atoms with van der Waals surface area (Å²) in [5.74, 6) is -0.444. The molecule has 0 aliphatic carbocycles. The second-order valence-electron chi connectivity index (χ2n) is 9.20. The molecule has 4 heterocycles. The number of piperidine rings is 1. The zero-order valence-corrected chi connectivity index (χ0v) is 18.7. The van der Waals surface area contributed by atoms with E-state index in [9.17, 15) is 18.0 Å². The maximum absolute atomic E-state index is 13.5. The van der Waals surface area contributed by atoms with Crippen LogP contribution in [0.5, 0.6) is 0 Å². The summed E-state index contributed by atoms with van der Waals surface area (Å²) >= 11 is 0. The molecule has 3 aliphatic heterocycles. The average Bonchev–Trinajstić information content (AvgIpc) is 3.35. The molecule has 8 nitrogen and oxygen atoms in total. The number of nitrogens with one attached hydrogen (secondary N) is 1. The third-order valence-electron chi connectivity index (χ3n) is 6.78. The lowest BCUT2D eigenvalue weighted by molar-refractivity contribution is -0.129. The standard InChI is InChI=1S/C21H31N3O5S/c1-13(2)17-18-16(24(20(17)25)30(3,27)28)6-9-23(18)21(26)19-15(7-10-29-19)11-14-5-4-8-22-12-14/h7,10,13-14,16-18,22H,4-6,8-9,11-12H2,1-3H3/t14?,16-,17+,18-/m0/s1. The molecular weight excluding hydrogens is 406 g/mol. The maximum atomic E-state index is 13.5. The first-order valence-electron chi connectivity index (χ1n) is 10.8. The lowest BCUT2D eigenvalue weighted by Crippen LogP contribution is -2.44. The summed E-state index contributed by atoms with van der Waals surface area (Å²) < 4.78 is 31.3. The summed E-state index contributed by atoms with van der Waals surface area (Å²) in [5.41, 5.74) is 0.891. The predicted octanol–water partition coefficient (Wildman–Crippen LogP) is 1.48. The van der Waals surface area contributed by atoms with Gasteiger partial charge in [0.1, 0.15) is 0 Å². The fraction of sp³-hybridized carbons (Fsp3) is 0.714. The number of sulfonamides is 1. The van der Waals surface area contributed by atoms with E-state index in [0.29, 0.717) is 24.6 Å². The number of nitrogens with zero attached hydrogens (tertiary/aromatic N) is 2. The van der Waals surface area contributed by atoms with Crippen LogP contribution in [0, 0.1) is 17.8 Å². The normalized spacial score (nSPS) is 29.7. The van der Waals surface area contributed by atoms with Crippen molar-refractivity contribution in [2.45, 2.75) is 51.6 Å². The van der Waals surface area contributed by atoms with Crippen molar-refractivity contribution in [3.63, 3.8) is 0 Å². The summed E-state index contributed by atoms with van der Waals surface area (Å²) in [5, 5.41) is 3.40. The van der Waals surface area contributed by atoms with E-state index in [1.165, 1.54) is 0 Å². The number of furan rings is 1. The number of carbonyl (C=O) groups is 2. The molecule has 0 aromatic carbocycles. The van der Waals surface area contributed by atoms with Gasteiger partial charge >= 0.3 is 0 Å². The van der Waals surface area contributed by atoms with E-state index in [1.54, 1.807) is 11.2 Å². The van der Waals surface area contributed by atoms with Gasteiger partial charge in [-0.15, -0.1) is 0 Å². The van der Waals surface area contributed by atoms with Crippen LogP contribution in [0.1, 0.15) is 49.2 Å². The number of likely N-dealkylation sites (tertiary alicyclic amines) is 1. The lowest BCUT2D eigenvalue weighted by atomic mass is 9.88. The average molecular weight is 438 g/mol. The molecule has 3 aliphatic rings. The van der Waals surface area contributed by atoms with Crippen LogP contribution in [0.15, 0.2) is 16.7 Å². The van der Waals surface area contributed by atoms with E-state index in [1.807, 2.05) is 19.9 Å². The van der Waals surface area contributed by atoms with Crippen molar-refractivity contribution in [1.82, 2.24) is 14.5 Å². The van der Waals surface area contributed by atoms with Crippen molar-refractivity contribution in [2.24, 2.45) is 17.8 Å². The first kappa shape index (κ1) is 21.4. The first-order valence-corrected chi connectivity index (χ1v) is 12.7. The Balaban J connectivity index is 1.60. The van der Waals surface area contributed by atoms with Gasteiger partial charge < -0.3 is 14.6 Å². The molecule has 0 radical (unpaired) electrons. The van der Waals surface area contributed by atoms with E-state index in [4.69, 9.17) is 4.42 Å². The number of amides is 2. The molecule has 1 aromatic rings. The van der Waals surface area contributed by atoms with Gasteiger partial charge in [-0.25, -0.2) is 12.7 Å². The van der Waals surface area contributed by atoms with Crippen LogP contribution < -0.4 is 5.32 Å². The molecule has 2 amide bonds. The fourth-order valence-corrected chi connectivity index (χ4v) is 6.66. The highest BCUT2D eigenvalue weighted by molar-refractivity contribution is 7.88. The summed E-state index contributed by atoms with van der Waals surface area (Å²) in [7, 11) is -3.69. The van der Waals surface area contributed by atoms with Crippen molar-refractivity contribution in [3.05, 3.63) is 23.7 Å². The summed E-state index contributed by atoms with van der Waals surface area (Å²) in [4.78, 5) is 28.1. The molecule has 166 valence electrons. The van der Waals surface area contributed by atoms with E-state index in [0.717, 1.165) is 48.5 Å². The Morgan fingerprint density at radius 1 is 1.33 bits per heavy atom. The second kappa shape index (κ2) is 8.00. The molecule has 0 bridgehead atoms. The summed E-state index contributed by atoms with van der Waals surface area (Å²) in [6.45, 7) is 6.19. The minimum atomic E-state index is -3.69. The van der Waals surface area contributed by atoms with Crippen LogP contribution in [0.2, 0.25) is 0 Å². The van der Waals surface area contributed by atoms with Crippen molar-refractivity contribution in [1.29, 1.82) is 0 Å². The quantitative estimate of drug-likeness (QED) is 0.749. The van der Waals surface area contributed by atoms with Crippen LogP contribution >= 0.6 is 0 Å². The highest BCUT2D eigenvalue weighted by Gasteiger charge is 2.58. The van der Waals surface area contributed by atoms with Gasteiger partial charge in [-0.3, -0.25) is 9.59 Å². The van der Waals surface area contributed by atoms with E-state index >= 15 is 0 Å². The van der Waals surface area contributed by atoms with Crippen LogP contribution in [0.3, 0.4) is 0 Å². The fourth-order valence-electron chi connectivity index (χ4n) is 5.49. The topological polar surface area (TPSA) is 99.9 Å². The summed E-state index contributed by atoms with van der Waals surface area (Å²) in [6.07, 6.45) is 6.09. The van der Waals surface area contributed by atoms with Gasteiger partial charge in [0, 0.05) is 12.1 Å². The third-order valence-corrected chi connectivity index (χ3v) is 7.94. The smallest absolute Gasteiger partial charge is 0.290 e. The second-order valence-corrected chi connectivity index (χ2v) is 11.1. The molecule has 30 heavy (non-hydrogen) atoms. The number of hydrogen-bond acceptors (Lipinski definition) is 6. The highest BCUT2D eigenvalue weighted by Crippen LogP contribution is 2.42. The minimum Gasteiger partial charge on any atom is -0.459 e. The van der Waals surface area contributed by atoms with E-state index < -0.39 is 33.9 Å². The number of carbonyl (C=O) groups excluding carboxylic acids is 2. The number of fused-ring (bicyclic) bond motifs is 1. The minimum absolute atomic E-state index is 0.0745. The van der Waals surface area contributed by atoms with Gasteiger partial charge in [-0.2, -0.15) is 0 Å². The SMILES string of the molecule is CC(C)[C@H]1C(=O)N(S(C)(=O)=O)[C@H]2CCN(C(=O)c3occc3CC3CCCNC3)[C@H]12. The van der Waals surface area contributed by atoms with Gasteiger partial charge in [0.2, 0.25) is 15.9 Å². The Morgan fingerprint density at radius 3 is 2.73 bits per heavy atom. The van der Waals surface area contributed by atoms with Gasteiger partial charge in [0.05, 0.1) is 30.5 Å². The lowest BCUT2D eigenvalue weighted by Gasteiger charge is -2.29. The Labute approximate surface area is 178 Å². The summed E-state index contributed by atoms with van der Waals surface area (Å²) in [6, 6.07) is 0.914.